The first kappa shape index (κ1) is 15.8. The number of amides is 1. The first-order chi connectivity index (χ1) is 10.2. The SMILES string of the molecule is CN(CC1CCC(CO)CC1)C(=O)OCc1ccccc1. The van der Waals surface area contributed by atoms with Crippen LogP contribution in [0, 0.1) is 11.8 Å². The lowest BCUT2D eigenvalue weighted by Crippen LogP contribution is -2.34. The lowest BCUT2D eigenvalue weighted by atomic mass is 9.82. The van der Waals surface area contributed by atoms with Crippen molar-refractivity contribution in [1.82, 2.24) is 4.90 Å². The summed E-state index contributed by atoms with van der Waals surface area (Å²) in [7, 11) is 1.80. The van der Waals surface area contributed by atoms with E-state index in [0.29, 0.717) is 25.0 Å². The largest absolute Gasteiger partial charge is 0.445 e. The first-order valence-corrected chi connectivity index (χ1v) is 7.71. The van der Waals surface area contributed by atoms with E-state index < -0.39 is 0 Å². The van der Waals surface area contributed by atoms with E-state index in [1.54, 1.807) is 11.9 Å². The van der Waals surface area contributed by atoms with Crippen molar-refractivity contribution in [2.75, 3.05) is 20.2 Å². The summed E-state index contributed by atoms with van der Waals surface area (Å²) in [6.45, 7) is 1.36. The number of aliphatic hydroxyl groups excluding tert-OH is 1. The van der Waals surface area contributed by atoms with Gasteiger partial charge >= 0.3 is 6.09 Å². The van der Waals surface area contributed by atoms with Crippen molar-refractivity contribution < 1.29 is 14.6 Å². The van der Waals surface area contributed by atoms with E-state index in [1.165, 1.54) is 0 Å². The number of hydrogen-bond donors (Lipinski definition) is 1. The highest BCUT2D eigenvalue weighted by Crippen LogP contribution is 2.28. The lowest BCUT2D eigenvalue weighted by molar-refractivity contribution is 0.0917. The quantitative estimate of drug-likeness (QED) is 0.907. The summed E-state index contributed by atoms with van der Waals surface area (Å²) in [5, 5.41) is 9.14. The molecule has 0 saturated heterocycles. The van der Waals surface area contributed by atoms with Crippen LogP contribution in [0.15, 0.2) is 30.3 Å². The zero-order chi connectivity index (χ0) is 15.1. The number of benzene rings is 1. The predicted octanol–water partition coefficient (Wildman–Crippen LogP) is 3.05. The second-order valence-corrected chi connectivity index (χ2v) is 5.99. The van der Waals surface area contributed by atoms with E-state index in [4.69, 9.17) is 9.84 Å². The number of ether oxygens (including phenoxy) is 1. The Balaban J connectivity index is 1.70. The second-order valence-electron chi connectivity index (χ2n) is 5.99. The fraction of sp³-hybridized carbons (Fsp3) is 0.588. The molecule has 1 fully saturated rings. The number of hydrogen-bond acceptors (Lipinski definition) is 3. The van der Waals surface area contributed by atoms with Crippen LogP contribution in [0.5, 0.6) is 0 Å². The number of nitrogens with zero attached hydrogens (tertiary/aromatic N) is 1. The number of carbonyl (C=O) groups is 1. The Bertz CT molecular complexity index is 427. The van der Waals surface area contributed by atoms with Gasteiger partial charge in [-0.3, -0.25) is 0 Å². The predicted molar refractivity (Wildman–Crippen MR) is 81.8 cm³/mol. The van der Waals surface area contributed by atoms with Gasteiger partial charge in [0.25, 0.3) is 0 Å². The molecule has 1 aliphatic carbocycles. The standard InChI is InChI=1S/C17H25NO3/c1-18(11-14-7-9-15(12-19)10-8-14)17(20)21-13-16-5-3-2-4-6-16/h2-6,14-15,19H,7-13H2,1H3. The Kier molecular flexibility index (Phi) is 6.05. The highest BCUT2D eigenvalue weighted by molar-refractivity contribution is 5.67. The molecule has 0 radical (unpaired) electrons. The Morgan fingerprint density at radius 1 is 1.19 bits per heavy atom. The van der Waals surface area contributed by atoms with Gasteiger partial charge in [-0.25, -0.2) is 4.79 Å². The number of aliphatic hydroxyl groups is 1. The molecule has 0 unspecified atom stereocenters. The van der Waals surface area contributed by atoms with Crippen LogP contribution in [0.4, 0.5) is 4.79 Å². The maximum Gasteiger partial charge on any atom is 0.409 e. The van der Waals surface area contributed by atoms with Crippen LogP contribution in [0.25, 0.3) is 0 Å². The summed E-state index contributed by atoms with van der Waals surface area (Å²) in [6.07, 6.45) is 4.04. The van der Waals surface area contributed by atoms with Gasteiger partial charge in [0.2, 0.25) is 0 Å². The zero-order valence-electron chi connectivity index (χ0n) is 12.7. The highest BCUT2D eigenvalue weighted by Gasteiger charge is 2.23. The maximum absolute atomic E-state index is 12.0. The van der Waals surface area contributed by atoms with Crippen LogP contribution in [-0.4, -0.2) is 36.3 Å². The van der Waals surface area contributed by atoms with Gasteiger partial charge in [-0.05, 0) is 43.1 Å². The molecule has 116 valence electrons. The summed E-state index contributed by atoms with van der Waals surface area (Å²) >= 11 is 0. The zero-order valence-corrected chi connectivity index (χ0v) is 12.7. The molecule has 1 saturated carbocycles. The summed E-state index contributed by atoms with van der Waals surface area (Å²) in [6, 6.07) is 9.71. The van der Waals surface area contributed by atoms with Crippen LogP contribution in [-0.2, 0) is 11.3 Å². The Morgan fingerprint density at radius 2 is 1.81 bits per heavy atom. The summed E-state index contributed by atoms with van der Waals surface area (Å²) in [5.41, 5.74) is 1.00. The molecular weight excluding hydrogens is 266 g/mol. The van der Waals surface area contributed by atoms with Gasteiger partial charge in [-0.1, -0.05) is 30.3 Å². The maximum atomic E-state index is 12.0. The van der Waals surface area contributed by atoms with Crippen molar-refractivity contribution in [2.45, 2.75) is 32.3 Å². The number of carbonyl (C=O) groups excluding carboxylic acids is 1. The molecule has 0 aromatic heterocycles. The van der Waals surface area contributed by atoms with Gasteiger partial charge < -0.3 is 14.7 Å². The molecule has 2 rings (SSSR count). The molecule has 1 N–H and O–H groups in total. The molecule has 0 atom stereocenters. The number of rotatable bonds is 5. The van der Waals surface area contributed by atoms with Gasteiger partial charge in [0.05, 0.1) is 0 Å². The molecule has 0 bridgehead atoms. The van der Waals surface area contributed by atoms with Crippen molar-refractivity contribution in [2.24, 2.45) is 11.8 Å². The minimum Gasteiger partial charge on any atom is -0.445 e. The second kappa shape index (κ2) is 8.03. The van der Waals surface area contributed by atoms with Crippen molar-refractivity contribution in [3.05, 3.63) is 35.9 Å². The van der Waals surface area contributed by atoms with Crippen molar-refractivity contribution >= 4 is 6.09 Å². The van der Waals surface area contributed by atoms with Crippen LogP contribution in [0.2, 0.25) is 0 Å². The summed E-state index contributed by atoms with van der Waals surface area (Å²) in [5.74, 6) is 0.985. The molecular formula is C17H25NO3. The molecule has 0 aliphatic heterocycles. The third-order valence-electron chi connectivity index (χ3n) is 4.27. The molecule has 4 heteroatoms. The summed E-state index contributed by atoms with van der Waals surface area (Å²) in [4.78, 5) is 13.6. The molecule has 1 amide bonds. The Hall–Kier alpha value is -1.55. The average Bonchev–Trinajstić information content (AvgIpc) is 2.54. The van der Waals surface area contributed by atoms with Crippen LogP contribution in [0.3, 0.4) is 0 Å². The monoisotopic (exact) mass is 291 g/mol. The summed E-state index contributed by atoms with van der Waals surface area (Å²) < 4.78 is 5.32. The van der Waals surface area contributed by atoms with Crippen LogP contribution < -0.4 is 0 Å². The lowest BCUT2D eigenvalue weighted by Gasteiger charge is -2.30. The first-order valence-electron chi connectivity index (χ1n) is 7.71. The Labute approximate surface area is 126 Å². The molecule has 1 aromatic rings. The topological polar surface area (TPSA) is 49.8 Å². The van der Waals surface area contributed by atoms with E-state index in [-0.39, 0.29) is 6.09 Å². The molecule has 21 heavy (non-hydrogen) atoms. The van der Waals surface area contributed by atoms with Gasteiger partial charge in [0, 0.05) is 20.2 Å². The molecule has 0 spiro atoms. The smallest absolute Gasteiger partial charge is 0.409 e. The van der Waals surface area contributed by atoms with Crippen LogP contribution >= 0.6 is 0 Å². The normalized spacial score (nSPS) is 21.8. The van der Waals surface area contributed by atoms with Crippen molar-refractivity contribution in [1.29, 1.82) is 0 Å². The van der Waals surface area contributed by atoms with E-state index in [1.807, 2.05) is 30.3 Å². The highest BCUT2D eigenvalue weighted by atomic mass is 16.6. The van der Waals surface area contributed by atoms with E-state index in [0.717, 1.165) is 37.8 Å². The Morgan fingerprint density at radius 3 is 2.43 bits per heavy atom. The fourth-order valence-corrected chi connectivity index (χ4v) is 2.89. The fourth-order valence-electron chi connectivity index (χ4n) is 2.89. The van der Waals surface area contributed by atoms with Gasteiger partial charge in [-0.2, -0.15) is 0 Å². The minimum absolute atomic E-state index is 0.261. The van der Waals surface area contributed by atoms with E-state index >= 15 is 0 Å². The molecule has 1 aromatic carbocycles. The minimum atomic E-state index is -0.261. The van der Waals surface area contributed by atoms with Gasteiger partial charge in [-0.15, -0.1) is 0 Å². The van der Waals surface area contributed by atoms with Gasteiger partial charge in [0.1, 0.15) is 6.61 Å². The molecule has 4 nitrogen and oxygen atoms in total. The van der Waals surface area contributed by atoms with Gasteiger partial charge in [0.15, 0.2) is 0 Å². The average molecular weight is 291 g/mol. The van der Waals surface area contributed by atoms with Crippen molar-refractivity contribution in [3.63, 3.8) is 0 Å². The third-order valence-corrected chi connectivity index (χ3v) is 4.27. The third kappa shape index (κ3) is 5.05. The van der Waals surface area contributed by atoms with E-state index in [9.17, 15) is 4.79 Å². The molecule has 1 aliphatic rings. The molecule has 0 heterocycles. The van der Waals surface area contributed by atoms with Crippen LogP contribution in [0.1, 0.15) is 31.2 Å². The van der Waals surface area contributed by atoms with Crippen molar-refractivity contribution in [3.8, 4) is 0 Å². The van der Waals surface area contributed by atoms with E-state index in [2.05, 4.69) is 0 Å².